The molecule has 2 N–H and O–H groups in total. The van der Waals surface area contributed by atoms with Crippen LogP contribution in [0.2, 0.25) is 0 Å². The van der Waals surface area contributed by atoms with E-state index in [2.05, 4.69) is 5.32 Å². The summed E-state index contributed by atoms with van der Waals surface area (Å²) >= 11 is 0. The minimum absolute atomic E-state index is 0.119. The van der Waals surface area contributed by atoms with Crippen molar-refractivity contribution < 1.29 is 19.4 Å². The van der Waals surface area contributed by atoms with E-state index in [0.29, 0.717) is 5.75 Å². The largest absolute Gasteiger partial charge is 0.416 e. The topological polar surface area (TPSA) is 78.9 Å². The maximum Gasteiger partial charge on any atom is 0.416 e. The number of ether oxygens (including phenoxy) is 1. The van der Waals surface area contributed by atoms with Gasteiger partial charge in [0.25, 0.3) is 0 Å². The summed E-state index contributed by atoms with van der Waals surface area (Å²) in [5, 5.41) is 12.9. The molecule has 1 aliphatic carbocycles. The Morgan fingerprint density at radius 1 is 1.17 bits per heavy atom. The minimum Gasteiger partial charge on any atom is -0.410 e. The number of β-amino-alcohol motifs (C(OH)–C–C–N with tert-alkyl or cyclic N) is 1. The van der Waals surface area contributed by atoms with Crippen molar-refractivity contribution in [3.05, 3.63) is 30.3 Å². The lowest BCUT2D eigenvalue weighted by Gasteiger charge is -2.24. The average Bonchev–Trinajstić information content (AvgIpc) is 3.17. The Morgan fingerprint density at radius 3 is 2.57 bits per heavy atom. The zero-order chi connectivity index (χ0) is 16.2. The van der Waals surface area contributed by atoms with Gasteiger partial charge >= 0.3 is 6.09 Å². The number of carbonyl (C=O) groups excluding carboxylic acids is 2. The Hall–Kier alpha value is -2.08. The number of carbonyl (C=O) groups is 2. The van der Waals surface area contributed by atoms with E-state index in [-0.39, 0.29) is 24.9 Å². The maximum absolute atomic E-state index is 12.4. The molecule has 1 heterocycles. The quantitative estimate of drug-likeness (QED) is 0.889. The molecule has 0 aromatic heterocycles. The van der Waals surface area contributed by atoms with Gasteiger partial charge < -0.3 is 15.2 Å². The van der Waals surface area contributed by atoms with Crippen LogP contribution < -0.4 is 10.1 Å². The van der Waals surface area contributed by atoms with Crippen LogP contribution in [0.25, 0.3) is 0 Å². The third kappa shape index (κ3) is 3.82. The molecule has 6 heteroatoms. The highest BCUT2D eigenvalue weighted by Gasteiger charge is 2.40. The van der Waals surface area contributed by atoms with Crippen LogP contribution in [0.3, 0.4) is 0 Å². The first-order valence-electron chi connectivity index (χ1n) is 8.15. The Kier molecular flexibility index (Phi) is 4.81. The van der Waals surface area contributed by atoms with Gasteiger partial charge in [-0.15, -0.1) is 0 Å². The lowest BCUT2D eigenvalue weighted by molar-refractivity contribution is -0.125. The van der Waals surface area contributed by atoms with E-state index < -0.39 is 18.2 Å². The molecule has 2 aliphatic rings. The van der Waals surface area contributed by atoms with Gasteiger partial charge in [0, 0.05) is 12.5 Å². The zero-order valence-electron chi connectivity index (χ0n) is 13.0. The van der Waals surface area contributed by atoms with E-state index in [1.54, 1.807) is 24.3 Å². The molecule has 2 amide bonds. The number of benzene rings is 1. The van der Waals surface area contributed by atoms with Gasteiger partial charge in [-0.3, -0.25) is 9.69 Å². The molecule has 1 aliphatic heterocycles. The first kappa shape index (κ1) is 15.8. The van der Waals surface area contributed by atoms with Crippen molar-refractivity contribution in [1.82, 2.24) is 10.2 Å². The molecule has 124 valence electrons. The number of nitrogens with zero attached hydrogens (tertiary/aromatic N) is 1. The van der Waals surface area contributed by atoms with Crippen molar-refractivity contribution in [2.45, 2.75) is 50.3 Å². The van der Waals surface area contributed by atoms with Gasteiger partial charge in [0.1, 0.15) is 11.8 Å². The Labute approximate surface area is 135 Å². The number of nitrogens with one attached hydrogen (secondary N) is 1. The number of likely N-dealkylation sites (tertiary alicyclic amines) is 1. The predicted molar refractivity (Wildman–Crippen MR) is 84.0 cm³/mol. The van der Waals surface area contributed by atoms with E-state index in [0.717, 1.165) is 25.7 Å². The Balaban J connectivity index is 1.64. The summed E-state index contributed by atoms with van der Waals surface area (Å²) in [4.78, 5) is 26.1. The molecule has 1 saturated heterocycles. The SMILES string of the molecule is O=C(NC1CCCC1)[C@H]1C[C@H](O)CN1C(=O)Oc1ccccc1. The third-order valence-corrected chi connectivity index (χ3v) is 4.47. The summed E-state index contributed by atoms with van der Waals surface area (Å²) in [6.45, 7) is 0.119. The van der Waals surface area contributed by atoms with Crippen LogP contribution in [0, 0.1) is 0 Å². The van der Waals surface area contributed by atoms with E-state index in [1.165, 1.54) is 4.90 Å². The fraction of sp³-hybridized carbons (Fsp3) is 0.529. The molecule has 2 fully saturated rings. The molecule has 2 atom stereocenters. The molecule has 1 aromatic rings. The molecule has 0 spiro atoms. The van der Waals surface area contributed by atoms with Gasteiger partial charge in [-0.1, -0.05) is 31.0 Å². The van der Waals surface area contributed by atoms with Crippen LogP contribution >= 0.6 is 0 Å². The summed E-state index contributed by atoms with van der Waals surface area (Å²) in [5.41, 5.74) is 0. The molecule has 0 bridgehead atoms. The fourth-order valence-electron chi connectivity index (χ4n) is 3.28. The van der Waals surface area contributed by atoms with Gasteiger partial charge in [0.2, 0.25) is 5.91 Å². The summed E-state index contributed by atoms with van der Waals surface area (Å²) in [5.74, 6) is 0.229. The summed E-state index contributed by atoms with van der Waals surface area (Å²) < 4.78 is 5.29. The number of rotatable bonds is 3. The number of hydrogen-bond donors (Lipinski definition) is 2. The first-order chi connectivity index (χ1) is 11.1. The fourth-order valence-corrected chi connectivity index (χ4v) is 3.28. The maximum atomic E-state index is 12.4. The molecular weight excluding hydrogens is 296 g/mol. The summed E-state index contributed by atoms with van der Waals surface area (Å²) in [7, 11) is 0. The first-order valence-corrected chi connectivity index (χ1v) is 8.15. The number of para-hydroxylation sites is 1. The normalized spacial score (nSPS) is 24.7. The second kappa shape index (κ2) is 7.00. The highest BCUT2D eigenvalue weighted by Crippen LogP contribution is 2.23. The van der Waals surface area contributed by atoms with Crippen molar-refractivity contribution >= 4 is 12.0 Å². The number of hydrogen-bond acceptors (Lipinski definition) is 4. The molecule has 1 saturated carbocycles. The van der Waals surface area contributed by atoms with E-state index in [9.17, 15) is 14.7 Å². The van der Waals surface area contributed by atoms with E-state index in [4.69, 9.17) is 4.74 Å². The Morgan fingerprint density at radius 2 is 1.87 bits per heavy atom. The molecule has 23 heavy (non-hydrogen) atoms. The summed E-state index contributed by atoms with van der Waals surface area (Å²) in [6, 6.07) is 8.25. The summed E-state index contributed by atoms with van der Waals surface area (Å²) in [6.07, 6.45) is 3.17. The molecule has 0 unspecified atom stereocenters. The highest BCUT2D eigenvalue weighted by atomic mass is 16.6. The second-order valence-electron chi connectivity index (χ2n) is 6.23. The van der Waals surface area contributed by atoms with Crippen LogP contribution in [0.1, 0.15) is 32.1 Å². The lowest BCUT2D eigenvalue weighted by atomic mass is 10.1. The van der Waals surface area contributed by atoms with Gasteiger partial charge in [0.15, 0.2) is 0 Å². The van der Waals surface area contributed by atoms with Gasteiger partial charge in [-0.05, 0) is 25.0 Å². The van der Waals surface area contributed by atoms with E-state index >= 15 is 0 Å². The molecule has 6 nitrogen and oxygen atoms in total. The Bertz CT molecular complexity index is 557. The molecule has 1 aromatic carbocycles. The molecule has 3 rings (SSSR count). The van der Waals surface area contributed by atoms with Crippen LogP contribution in [0.5, 0.6) is 5.75 Å². The van der Waals surface area contributed by atoms with Crippen molar-refractivity contribution in [3.8, 4) is 5.75 Å². The van der Waals surface area contributed by atoms with Crippen LogP contribution in [-0.2, 0) is 4.79 Å². The van der Waals surface area contributed by atoms with Gasteiger partial charge in [-0.2, -0.15) is 0 Å². The monoisotopic (exact) mass is 318 g/mol. The molecule has 0 radical (unpaired) electrons. The van der Waals surface area contributed by atoms with Crippen LogP contribution in [-0.4, -0.2) is 46.7 Å². The zero-order valence-corrected chi connectivity index (χ0v) is 13.0. The van der Waals surface area contributed by atoms with Crippen molar-refractivity contribution in [1.29, 1.82) is 0 Å². The second-order valence-corrected chi connectivity index (χ2v) is 6.23. The number of amides is 2. The third-order valence-electron chi connectivity index (χ3n) is 4.47. The lowest BCUT2D eigenvalue weighted by Crippen LogP contribution is -2.49. The number of aliphatic hydroxyl groups excluding tert-OH is 1. The van der Waals surface area contributed by atoms with Gasteiger partial charge in [-0.25, -0.2) is 4.79 Å². The van der Waals surface area contributed by atoms with Crippen molar-refractivity contribution in [2.75, 3.05) is 6.54 Å². The molecular formula is C17H22N2O4. The number of aliphatic hydroxyl groups is 1. The standard InChI is InChI=1S/C17H22N2O4/c20-13-10-15(16(21)18-12-6-4-5-7-12)19(11-13)17(22)23-14-8-2-1-3-9-14/h1-3,8-9,12-13,15,20H,4-7,10-11H2,(H,18,21)/t13-,15+/m0/s1. The van der Waals surface area contributed by atoms with Crippen molar-refractivity contribution in [3.63, 3.8) is 0 Å². The predicted octanol–water partition coefficient (Wildman–Crippen LogP) is 1.68. The van der Waals surface area contributed by atoms with Crippen molar-refractivity contribution in [2.24, 2.45) is 0 Å². The van der Waals surface area contributed by atoms with Crippen LogP contribution in [0.4, 0.5) is 4.79 Å². The van der Waals surface area contributed by atoms with Gasteiger partial charge in [0.05, 0.1) is 12.6 Å². The highest BCUT2D eigenvalue weighted by molar-refractivity contribution is 5.87. The minimum atomic E-state index is -0.697. The smallest absolute Gasteiger partial charge is 0.410 e. The average molecular weight is 318 g/mol. The van der Waals surface area contributed by atoms with E-state index in [1.807, 2.05) is 6.07 Å². The van der Waals surface area contributed by atoms with Crippen LogP contribution in [0.15, 0.2) is 30.3 Å².